The lowest BCUT2D eigenvalue weighted by Crippen LogP contribution is -2.32. The summed E-state index contributed by atoms with van der Waals surface area (Å²) in [5, 5.41) is 9.22. The number of carbonyl (C=O) groups excluding carboxylic acids is 1. The summed E-state index contributed by atoms with van der Waals surface area (Å²) in [6.45, 7) is 3.45. The average molecular weight is 246 g/mol. The van der Waals surface area contributed by atoms with E-state index in [4.69, 9.17) is 14.2 Å². The minimum Gasteiger partial charge on any atom is -0.469 e. The quantitative estimate of drug-likeness (QED) is 0.697. The van der Waals surface area contributed by atoms with Gasteiger partial charge in [0.2, 0.25) is 0 Å². The molecular weight excluding hydrogens is 228 g/mol. The van der Waals surface area contributed by atoms with Gasteiger partial charge in [-0.05, 0) is 13.8 Å². The number of hydrogen-bond donors (Lipinski definition) is 1. The minimum atomic E-state index is -0.707. The highest BCUT2D eigenvalue weighted by Crippen LogP contribution is 2.39. The maximum atomic E-state index is 11.3. The van der Waals surface area contributed by atoms with Gasteiger partial charge in [0, 0.05) is 0 Å². The predicted molar refractivity (Wildman–Crippen MR) is 56.2 cm³/mol. The molecule has 6 heteroatoms. The second-order valence-corrected chi connectivity index (χ2v) is 4.74. The Balaban J connectivity index is 2.07. The molecule has 6 nitrogen and oxygen atoms in total. The van der Waals surface area contributed by atoms with E-state index < -0.39 is 18.0 Å². The lowest BCUT2D eigenvalue weighted by atomic mass is 10.1. The van der Waals surface area contributed by atoms with Gasteiger partial charge in [0.1, 0.15) is 18.3 Å². The lowest BCUT2D eigenvalue weighted by molar-refractivity contribution is -0.192. The Morgan fingerprint density at radius 1 is 1.29 bits per heavy atom. The zero-order valence-electron chi connectivity index (χ0n) is 10.2. The monoisotopic (exact) mass is 246 g/mol. The van der Waals surface area contributed by atoms with E-state index in [1.807, 2.05) is 0 Å². The molecule has 0 amide bonds. The third-order valence-corrected chi connectivity index (χ3v) is 3.02. The first-order valence-electron chi connectivity index (χ1n) is 5.65. The molecule has 2 fully saturated rings. The highest BCUT2D eigenvalue weighted by atomic mass is 16.8. The van der Waals surface area contributed by atoms with E-state index in [9.17, 15) is 9.90 Å². The lowest BCUT2D eigenvalue weighted by Gasteiger charge is -2.23. The number of carbonyl (C=O) groups is 1. The second-order valence-electron chi connectivity index (χ2n) is 4.74. The molecule has 1 N–H and O–H groups in total. The third kappa shape index (κ3) is 2.44. The van der Waals surface area contributed by atoms with Crippen molar-refractivity contribution >= 4 is 5.97 Å². The summed E-state index contributed by atoms with van der Waals surface area (Å²) in [4.78, 5) is 11.3. The number of rotatable bonds is 3. The summed E-state index contributed by atoms with van der Waals surface area (Å²) in [5.74, 6) is -1.07. The van der Waals surface area contributed by atoms with Gasteiger partial charge < -0.3 is 24.1 Å². The van der Waals surface area contributed by atoms with Crippen LogP contribution in [-0.2, 0) is 23.7 Å². The normalized spacial score (nSPS) is 39.1. The summed E-state index contributed by atoms with van der Waals surface area (Å²) >= 11 is 0. The molecule has 1 unspecified atom stereocenters. The van der Waals surface area contributed by atoms with E-state index in [0.717, 1.165) is 0 Å². The summed E-state index contributed by atoms with van der Waals surface area (Å²) in [7, 11) is 1.33. The first kappa shape index (κ1) is 12.8. The van der Waals surface area contributed by atoms with Crippen LogP contribution in [0.5, 0.6) is 0 Å². The van der Waals surface area contributed by atoms with E-state index in [2.05, 4.69) is 4.74 Å². The largest absolute Gasteiger partial charge is 0.469 e. The van der Waals surface area contributed by atoms with Crippen molar-refractivity contribution in [2.45, 2.75) is 50.5 Å². The van der Waals surface area contributed by atoms with Crippen LogP contribution in [-0.4, -0.2) is 55.0 Å². The van der Waals surface area contributed by atoms with Crippen LogP contribution in [0.25, 0.3) is 0 Å². The number of methoxy groups -OCH3 is 1. The molecule has 0 aromatic carbocycles. The number of aliphatic hydroxyl groups excluding tert-OH is 1. The summed E-state index contributed by atoms with van der Waals surface area (Å²) in [6.07, 6.45) is -1.43. The molecule has 17 heavy (non-hydrogen) atoms. The Labute approximate surface area is 99.8 Å². The molecule has 2 aliphatic heterocycles. The van der Waals surface area contributed by atoms with E-state index in [0.29, 0.717) is 0 Å². The Morgan fingerprint density at radius 3 is 2.41 bits per heavy atom. The minimum absolute atomic E-state index is 0.105. The van der Waals surface area contributed by atoms with Gasteiger partial charge in [0.25, 0.3) is 0 Å². The highest BCUT2D eigenvalue weighted by Gasteiger charge is 2.55. The molecular formula is C11H18O6. The Kier molecular flexibility index (Phi) is 3.40. The smallest absolute Gasteiger partial charge is 0.308 e. The van der Waals surface area contributed by atoms with Gasteiger partial charge in [0.15, 0.2) is 5.79 Å². The molecule has 2 saturated heterocycles. The predicted octanol–water partition coefficient (Wildman–Crippen LogP) is -0.171. The van der Waals surface area contributed by atoms with E-state index >= 15 is 0 Å². The molecule has 0 aliphatic carbocycles. The van der Waals surface area contributed by atoms with Crippen LogP contribution in [0.4, 0.5) is 0 Å². The van der Waals surface area contributed by atoms with Gasteiger partial charge in [0.05, 0.1) is 26.2 Å². The maximum Gasteiger partial charge on any atom is 0.308 e. The molecule has 2 aliphatic rings. The standard InChI is InChI=1S/C11H18O6/c1-11(2)16-9-6(4-8(13)14-3)15-7(5-12)10(9)17-11/h6-7,9-10,12H,4-5H2,1-3H3/t6-,7+,9?,10+/m0/s1. The average Bonchev–Trinajstić information content (AvgIpc) is 2.73. The molecule has 0 radical (unpaired) electrons. The summed E-state index contributed by atoms with van der Waals surface area (Å²) in [5.41, 5.74) is 0. The molecule has 0 aromatic rings. The van der Waals surface area contributed by atoms with Crippen LogP contribution in [0, 0.1) is 0 Å². The van der Waals surface area contributed by atoms with Gasteiger partial charge in [-0.3, -0.25) is 4.79 Å². The summed E-state index contributed by atoms with van der Waals surface area (Å²) < 4.78 is 21.5. The van der Waals surface area contributed by atoms with Gasteiger partial charge in [-0.2, -0.15) is 0 Å². The number of ether oxygens (including phenoxy) is 4. The number of hydrogen-bond acceptors (Lipinski definition) is 6. The van der Waals surface area contributed by atoms with Crippen molar-refractivity contribution in [2.24, 2.45) is 0 Å². The number of fused-ring (bicyclic) bond motifs is 1. The van der Waals surface area contributed by atoms with Crippen molar-refractivity contribution in [3.05, 3.63) is 0 Å². The molecule has 98 valence electrons. The van der Waals surface area contributed by atoms with Crippen molar-refractivity contribution in [3.8, 4) is 0 Å². The first-order valence-corrected chi connectivity index (χ1v) is 5.65. The van der Waals surface area contributed by atoms with Gasteiger partial charge >= 0.3 is 5.97 Å². The number of esters is 1. The van der Waals surface area contributed by atoms with Gasteiger partial charge in [-0.1, -0.05) is 0 Å². The fourth-order valence-corrected chi connectivity index (χ4v) is 2.33. The van der Waals surface area contributed by atoms with Crippen LogP contribution >= 0.6 is 0 Å². The first-order chi connectivity index (χ1) is 7.96. The SMILES string of the molecule is COC(=O)C[C@@H]1O[C@H](CO)[C@H]2OC(C)(C)OC12. The van der Waals surface area contributed by atoms with Crippen molar-refractivity contribution in [2.75, 3.05) is 13.7 Å². The molecule has 4 atom stereocenters. The Bertz CT molecular complexity index is 302. The van der Waals surface area contributed by atoms with Crippen molar-refractivity contribution in [1.82, 2.24) is 0 Å². The fourth-order valence-electron chi connectivity index (χ4n) is 2.33. The van der Waals surface area contributed by atoms with E-state index in [1.165, 1.54) is 7.11 Å². The van der Waals surface area contributed by atoms with Crippen LogP contribution in [0.15, 0.2) is 0 Å². The molecule has 2 rings (SSSR count). The third-order valence-electron chi connectivity index (χ3n) is 3.02. The summed E-state index contributed by atoms with van der Waals surface area (Å²) in [6, 6.07) is 0. The highest BCUT2D eigenvalue weighted by molar-refractivity contribution is 5.70. The topological polar surface area (TPSA) is 74.2 Å². The van der Waals surface area contributed by atoms with Crippen LogP contribution in [0.2, 0.25) is 0 Å². The van der Waals surface area contributed by atoms with Crippen molar-refractivity contribution in [3.63, 3.8) is 0 Å². The zero-order valence-corrected chi connectivity index (χ0v) is 10.2. The van der Waals surface area contributed by atoms with Crippen LogP contribution in [0.3, 0.4) is 0 Å². The van der Waals surface area contributed by atoms with Crippen LogP contribution in [0.1, 0.15) is 20.3 Å². The van der Waals surface area contributed by atoms with Crippen LogP contribution < -0.4 is 0 Å². The molecule has 0 aromatic heterocycles. The molecule has 0 saturated carbocycles. The van der Waals surface area contributed by atoms with E-state index in [-0.39, 0.29) is 31.2 Å². The molecule has 0 spiro atoms. The van der Waals surface area contributed by atoms with Crippen molar-refractivity contribution < 1.29 is 28.8 Å². The van der Waals surface area contributed by atoms with Crippen molar-refractivity contribution in [1.29, 1.82) is 0 Å². The second kappa shape index (κ2) is 4.53. The molecule has 2 heterocycles. The fraction of sp³-hybridized carbons (Fsp3) is 0.909. The number of aliphatic hydroxyl groups is 1. The maximum absolute atomic E-state index is 11.3. The zero-order chi connectivity index (χ0) is 12.6. The van der Waals surface area contributed by atoms with E-state index in [1.54, 1.807) is 13.8 Å². The Hall–Kier alpha value is -0.690. The Morgan fingerprint density at radius 2 is 1.88 bits per heavy atom. The molecule has 0 bridgehead atoms. The van der Waals surface area contributed by atoms with Gasteiger partial charge in [-0.15, -0.1) is 0 Å². The van der Waals surface area contributed by atoms with Gasteiger partial charge in [-0.25, -0.2) is 0 Å².